The molecule has 0 bridgehead atoms. The van der Waals surface area contributed by atoms with Gasteiger partial charge in [0.05, 0.1) is 0 Å². The fourth-order valence-electron chi connectivity index (χ4n) is 0. The van der Waals surface area contributed by atoms with E-state index < -0.39 is 0 Å². The Bertz CT molecular complexity index is 11.6. The van der Waals surface area contributed by atoms with Crippen molar-refractivity contribution in [3.8, 4) is 0 Å². The Labute approximate surface area is 109 Å². The molecule has 0 heterocycles. The first-order chi connectivity index (χ1) is 0. The van der Waals surface area contributed by atoms with Crippen LogP contribution in [0.4, 0.5) is 0 Å². The van der Waals surface area contributed by atoms with Gasteiger partial charge in [-0.05, 0) is 0 Å². The molecule has 0 nitrogen and oxygen atoms in total. The standard InChI is InChI=1S/Al.Li.Mg.Sc.Zr.6H. The van der Waals surface area contributed by atoms with Crippen LogP contribution < -0.4 is 0 Å². The van der Waals surface area contributed by atoms with Gasteiger partial charge in [-0.2, -0.15) is 0 Å². The van der Waals surface area contributed by atoms with Gasteiger partial charge in [-0.15, -0.1) is 0 Å². The molecule has 5 heteroatoms. The summed E-state index contributed by atoms with van der Waals surface area (Å²) in [5.41, 5.74) is 0. The average molecular weight is 200 g/mol. The summed E-state index contributed by atoms with van der Waals surface area (Å²) in [7, 11) is 0. The van der Waals surface area contributed by atoms with Gasteiger partial charge in [0.2, 0.25) is 0 Å². The molecule has 0 saturated heterocycles. The van der Waals surface area contributed by atoms with Crippen LogP contribution in [0.3, 0.4) is 0 Å². The normalized spacial score (nSPS) is 0. The largest absolute Gasteiger partial charge is 0.316 e. The zero-order chi connectivity index (χ0) is 0. The Balaban J connectivity index is 0. The first-order valence-corrected chi connectivity index (χ1v) is 0. The van der Waals surface area contributed by atoms with Crippen LogP contribution in [-0.4, -0.2) is 59.3 Å². The quantitative estimate of drug-likeness (QED) is 0.372. The van der Waals surface area contributed by atoms with E-state index in [1.54, 1.807) is 0 Å². The van der Waals surface area contributed by atoms with Crippen molar-refractivity contribution in [3.63, 3.8) is 0 Å². The van der Waals surface area contributed by atoms with Crippen molar-refractivity contribution < 1.29 is 52.0 Å². The van der Waals surface area contributed by atoms with Gasteiger partial charge in [0, 0.05) is 52.0 Å². The molecule has 0 aromatic heterocycles. The molecule has 1 radical (unpaired) electrons. The van der Waals surface area contributed by atoms with E-state index in [0.29, 0.717) is 0 Å². The van der Waals surface area contributed by atoms with Crippen molar-refractivity contribution in [2.45, 2.75) is 0 Å². The summed E-state index contributed by atoms with van der Waals surface area (Å²) in [6, 6.07) is 0. The van der Waals surface area contributed by atoms with Crippen molar-refractivity contribution in [1.29, 1.82) is 0 Å². The van der Waals surface area contributed by atoms with E-state index in [1.807, 2.05) is 0 Å². The minimum absolute atomic E-state index is 0. The van der Waals surface area contributed by atoms with Gasteiger partial charge in [-0.25, -0.2) is 0 Å². The van der Waals surface area contributed by atoms with Crippen molar-refractivity contribution >= 4 is 59.3 Å². The van der Waals surface area contributed by atoms with E-state index in [-0.39, 0.29) is 111 Å². The Morgan fingerprint density at radius 2 is 1.00 bits per heavy atom. The van der Waals surface area contributed by atoms with Gasteiger partial charge in [0.15, 0.2) is 17.4 Å². The molecule has 0 aromatic rings. The van der Waals surface area contributed by atoms with Crippen LogP contribution >= 0.6 is 0 Å². The van der Waals surface area contributed by atoms with Gasteiger partial charge in [0.1, 0.15) is 0 Å². The maximum Gasteiger partial charge on any atom is 0.316 e. The van der Waals surface area contributed by atoms with E-state index in [9.17, 15) is 0 Å². The summed E-state index contributed by atoms with van der Waals surface area (Å²) < 4.78 is 0. The van der Waals surface area contributed by atoms with E-state index >= 15 is 0 Å². The number of hydrogen-bond donors (Lipinski definition) is 0. The van der Waals surface area contributed by atoms with Crippen LogP contribution in [0.1, 0.15) is 0 Å². The predicted molar refractivity (Wildman–Crippen MR) is 25.6 cm³/mol. The summed E-state index contributed by atoms with van der Waals surface area (Å²) in [4.78, 5) is 0. The fraction of sp³-hybridized carbons (Fsp3) is 0. The van der Waals surface area contributed by atoms with Gasteiger partial charge < -0.3 is 0 Å². The molecule has 0 rings (SSSR count). The van der Waals surface area contributed by atoms with Crippen LogP contribution in [0.2, 0.25) is 0 Å². The molecule has 0 fully saturated rings. The summed E-state index contributed by atoms with van der Waals surface area (Å²) in [5.74, 6) is 0. The summed E-state index contributed by atoms with van der Waals surface area (Å²) in [6.45, 7) is 0. The smallest absolute Gasteiger partial charge is 0 e. The molecule has 0 spiro atoms. The van der Waals surface area contributed by atoms with Crippen LogP contribution in [0.15, 0.2) is 0 Å². The second kappa shape index (κ2) is 25.4. The summed E-state index contributed by atoms with van der Waals surface area (Å²) >= 11 is 0. The third-order valence-corrected chi connectivity index (χ3v) is 0. The monoisotopic (exact) mass is 199 g/mol. The minimum Gasteiger partial charge on any atom is 0 e. The summed E-state index contributed by atoms with van der Waals surface area (Å²) in [6.07, 6.45) is 0. The second-order valence-corrected chi connectivity index (χ2v) is 0. The first kappa shape index (κ1) is 38.0. The molecule has 0 saturated carbocycles. The molecule has 0 N–H and O–H groups in total. The van der Waals surface area contributed by atoms with Crippen molar-refractivity contribution in [3.05, 3.63) is 0 Å². The molecular weight excluding hydrogens is 194 g/mol. The molecule has 0 atom stereocenters. The topological polar surface area (TPSA) is 0 Å². The van der Waals surface area contributed by atoms with Crippen molar-refractivity contribution in [2.24, 2.45) is 0 Å². The molecule has 0 aliphatic carbocycles. The predicted octanol–water partition coefficient (Wildman–Crippen LogP) is -2.75. The molecule has 0 aliphatic rings. The van der Waals surface area contributed by atoms with Crippen molar-refractivity contribution in [2.75, 3.05) is 0 Å². The second-order valence-electron chi connectivity index (χ2n) is 0. The Morgan fingerprint density at radius 3 is 1.00 bits per heavy atom. The zero-order valence-electron chi connectivity index (χ0n) is 1.08. The average Bonchev–Trinajstić information content (AvgIpc) is 0. The first-order valence-electron chi connectivity index (χ1n) is 0. The molecule has 19 valence electrons. The third-order valence-electron chi connectivity index (χ3n) is 0. The van der Waals surface area contributed by atoms with E-state index in [1.165, 1.54) is 0 Å². The van der Waals surface area contributed by atoms with Crippen LogP contribution in [0, 0.1) is 0 Å². The van der Waals surface area contributed by atoms with Gasteiger partial charge in [-0.1, -0.05) is 0 Å². The number of hydrogen-bond acceptors (Lipinski definition) is 0. The Hall–Kier alpha value is 3.65. The van der Waals surface area contributed by atoms with E-state index in [4.69, 9.17) is 0 Å². The van der Waals surface area contributed by atoms with Gasteiger partial charge >= 0.3 is 41.9 Å². The fourth-order valence-corrected chi connectivity index (χ4v) is 0. The minimum atomic E-state index is 0. The molecule has 0 aromatic carbocycles. The van der Waals surface area contributed by atoms with E-state index in [0.717, 1.165) is 0 Å². The maximum atomic E-state index is 0. The SMILES string of the molecule is [AlH3].[LiH].[MgH2].[Sc].[Zr]. The Morgan fingerprint density at radius 1 is 1.00 bits per heavy atom. The van der Waals surface area contributed by atoms with Crippen LogP contribution in [-0.2, 0) is 52.0 Å². The van der Waals surface area contributed by atoms with Crippen LogP contribution in [0.25, 0.3) is 0 Å². The number of rotatable bonds is 0. The van der Waals surface area contributed by atoms with Gasteiger partial charge in [0.25, 0.3) is 0 Å². The Kier molecular flexibility index (Phi) is 193. The van der Waals surface area contributed by atoms with E-state index in [2.05, 4.69) is 0 Å². The van der Waals surface area contributed by atoms with Crippen molar-refractivity contribution in [1.82, 2.24) is 0 Å². The molecular formula is H6AlLiMgScZr. The van der Waals surface area contributed by atoms with Crippen LogP contribution in [0.5, 0.6) is 0 Å². The zero-order valence-corrected chi connectivity index (χ0v) is 5.34. The maximum absolute atomic E-state index is 0. The van der Waals surface area contributed by atoms with Gasteiger partial charge in [-0.3, -0.25) is 0 Å². The molecule has 0 aliphatic heterocycles. The summed E-state index contributed by atoms with van der Waals surface area (Å²) in [5, 5.41) is 0. The molecule has 0 unspecified atom stereocenters. The molecule has 0 amide bonds. The third kappa shape index (κ3) is 18.3. The molecule has 5 heavy (non-hydrogen) atoms.